The Morgan fingerprint density at radius 3 is 2.71 bits per heavy atom. The fourth-order valence-corrected chi connectivity index (χ4v) is 1.84. The number of urea groups is 1. The van der Waals surface area contributed by atoms with Crippen molar-refractivity contribution in [1.29, 1.82) is 0 Å². The van der Waals surface area contributed by atoms with E-state index in [1.165, 1.54) is 6.92 Å². The summed E-state index contributed by atoms with van der Waals surface area (Å²) in [5.41, 5.74) is -1.21. The first kappa shape index (κ1) is 13.8. The fraction of sp³-hybridized carbons (Fsp3) is 0.818. The second-order valence-electron chi connectivity index (χ2n) is 4.55. The summed E-state index contributed by atoms with van der Waals surface area (Å²) in [6.07, 6.45) is 1.86. The highest BCUT2D eigenvalue weighted by Crippen LogP contribution is 2.12. The van der Waals surface area contributed by atoms with Crippen LogP contribution in [0, 0.1) is 0 Å². The van der Waals surface area contributed by atoms with Crippen LogP contribution in [0.15, 0.2) is 0 Å². The largest absolute Gasteiger partial charge is 0.480 e. The predicted octanol–water partition coefficient (Wildman–Crippen LogP) is 0.718. The number of carbonyl (C=O) groups excluding carboxylic acids is 1. The van der Waals surface area contributed by atoms with Crippen LogP contribution in [-0.2, 0) is 9.53 Å². The highest BCUT2D eigenvalue weighted by Gasteiger charge is 2.34. The van der Waals surface area contributed by atoms with Crippen LogP contribution in [0.3, 0.4) is 0 Å². The molecular formula is C11H20N2O4. The first-order valence-electron chi connectivity index (χ1n) is 5.88. The minimum atomic E-state index is -1.21. The van der Waals surface area contributed by atoms with Gasteiger partial charge in [0.1, 0.15) is 5.54 Å². The summed E-state index contributed by atoms with van der Waals surface area (Å²) in [6.45, 7) is 4.52. The van der Waals surface area contributed by atoms with Crippen LogP contribution in [0.1, 0.15) is 33.1 Å². The molecule has 2 unspecified atom stereocenters. The van der Waals surface area contributed by atoms with Crippen molar-refractivity contribution in [3.05, 3.63) is 0 Å². The topological polar surface area (TPSA) is 87.7 Å². The Labute approximate surface area is 101 Å². The van der Waals surface area contributed by atoms with E-state index in [4.69, 9.17) is 9.84 Å². The van der Waals surface area contributed by atoms with Gasteiger partial charge in [0.05, 0.1) is 12.6 Å². The van der Waals surface area contributed by atoms with Gasteiger partial charge in [0.15, 0.2) is 0 Å². The Kier molecular flexibility index (Phi) is 4.74. The van der Waals surface area contributed by atoms with Crippen LogP contribution in [-0.4, -0.2) is 41.9 Å². The van der Waals surface area contributed by atoms with Gasteiger partial charge in [0.2, 0.25) is 0 Å². The Morgan fingerprint density at radius 1 is 1.53 bits per heavy atom. The molecule has 0 aliphatic carbocycles. The molecular weight excluding hydrogens is 224 g/mol. The van der Waals surface area contributed by atoms with Gasteiger partial charge in [0.25, 0.3) is 0 Å². The van der Waals surface area contributed by atoms with E-state index in [0.717, 1.165) is 6.42 Å². The molecule has 98 valence electrons. The average molecular weight is 244 g/mol. The van der Waals surface area contributed by atoms with Gasteiger partial charge in [-0.25, -0.2) is 9.59 Å². The third kappa shape index (κ3) is 3.89. The number of aliphatic carboxylic acids is 1. The number of amides is 2. The van der Waals surface area contributed by atoms with E-state index in [1.54, 1.807) is 0 Å². The maximum atomic E-state index is 11.7. The van der Waals surface area contributed by atoms with Gasteiger partial charge in [-0.15, -0.1) is 0 Å². The van der Waals surface area contributed by atoms with Gasteiger partial charge in [-0.05, 0) is 19.8 Å². The van der Waals surface area contributed by atoms with Crippen molar-refractivity contribution in [2.75, 3.05) is 13.2 Å². The molecule has 0 aromatic rings. The maximum absolute atomic E-state index is 11.7. The summed E-state index contributed by atoms with van der Waals surface area (Å²) in [4.78, 5) is 22.8. The normalized spacial score (nSPS) is 22.8. The zero-order valence-corrected chi connectivity index (χ0v) is 10.3. The van der Waals surface area contributed by atoms with Crippen molar-refractivity contribution in [3.8, 4) is 0 Å². The molecule has 2 amide bonds. The third-order valence-corrected chi connectivity index (χ3v) is 2.88. The van der Waals surface area contributed by atoms with E-state index in [1.807, 2.05) is 6.92 Å². The van der Waals surface area contributed by atoms with Crippen LogP contribution in [0.2, 0.25) is 0 Å². The standard InChI is InChI=1S/C11H20N2O4/c1-3-5-11(2,9(14)15)13-10(16)12-8-4-6-17-7-8/h8H,3-7H2,1-2H3,(H,14,15)(H2,12,13,16). The zero-order chi connectivity index (χ0) is 12.9. The van der Waals surface area contributed by atoms with Gasteiger partial charge in [0, 0.05) is 6.61 Å². The lowest BCUT2D eigenvalue weighted by molar-refractivity contribution is -0.144. The second kappa shape index (κ2) is 5.86. The monoisotopic (exact) mass is 244 g/mol. The summed E-state index contributed by atoms with van der Waals surface area (Å²) >= 11 is 0. The van der Waals surface area contributed by atoms with Gasteiger partial charge in [-0.1, -0.05) is 13.3 Å². The number of hydrogen-bond donors (Lipinski definition) is 3. The lowest BCUT2D eigenvalue weighted by Gasteiger charge is -2.26. The predicted molar refractivity (Wildman–Crippen MR) is 61.8 cm³/mol. The first-order valence-corrected chi connectivity index (χ1v) is 5.88. The molecule has 0 bridgehead atoms. The molecule has 1 heterocycles. The van der Waals surface area contributed by atoms with Crippen LogP contribution in [0.5, 0.6) is 0 Å². The highest BCUT2D eigenvalue weighted by molar-refractivity contribution is 5.85. The van der Waals surface area contributed by atoms with E-state index in [2.05, 4.69) is 10.6 Å². The summed E-state index contributed by atoms with van der Waals surface area (Å²) in [6, 6.07) is -0.464. The fourth-order valence-electron chi connectivity index (χ4n) is 1.84. The van der Waals surface area contributed by atoms with Crippen LogP contribution < -0.4 is 10.6 Å². The number of carbonyl (C=O) groups is 2. The van der Waals surface area contributed by atoms with Gasteiger partial charge in [-0.3, -0.25) is 0 Å². The maximum Gasteiger partial charge on any atom is 0.329 e. The number of hydrogen-bond acceptors (Lipinski definition) is 3. The van der Waals surface area contributed by atoms with Crippen molar-refractivity contribution in [2.45, 2.75) is 44.7 Å². The molecule has 2 atom stereocenters. The molecule has 17 heavy (non-hydrogen) atoms. The van der Waals surface area contributed by atoms with Crippen molar-refractivity contribution in [1.82, 2.24) is 10.6 Å². The molecule has 0 aromatic carbocycles. The summed E-state index contributed by atoms with van der Waals surface area (Å²) in [7, 11) is 0. The summed E-state index contributed by atoms with van der Waals surface area (Å²) in [5.74, 6) is -1.02. The minimum Gasteiger partial charge on any atom is -0.480 e. The van der Waals surface area contributed by atoms with Gasteiger partial charge in [-0.2, -0.15) is 0 Å². The molecule has 6 heteroatoms. The third-order valence-electron chi connectivity index (χ3n) is 2.88. The van der Waals surface area contributed by atoms with Crippen molar-refractivity contribution in [3.63, 3.8) is 0 Å². The number of carboxylic acid groups (broad SMARTS) is 1. The molecule has 1 aliphatic rings. The Balaban J connectivity index is 2.48. The van der Waals surface area contributed by atoms with E-state index in [-0.39, 0.29) is 6.04 Å². The van der Waals surface area contributed by atoms with Crippen LogP contribution in [0.4, 0.5) is 4.79 Å². The molecule has 0 aromatic heterocycles. The van der Waals surface area contributed by atoms with Crippen LogP contribution >= 0.6 is 0 Å². The number of carboxylic acids is 1. The van der Waals surface area contributed by atoms with Gasteiger partial charge >= 0.3 is 12.0 Å². The highest BCUT2D eigenvalue weighted by atomic mass is 16.5. The molecule has 0 saturated carbocycles. The first-order chi connectivity index (χ1) is 7.98. The lowest BCUT2D eigenvalue weighted by Crippen LogP contribution is -2.56. The second-order valence-corrected chi connectivity index (χ2v) is 4.55. The number of nitrogens with one attached hydrogen (secondary N) is 2. The molecule has 6 nitrogen and oxygen atoms in total. The van der Waals surface area contributed by atoms with Crippen LogP contribution in [0.25, 0.3) is 0 Å². The average Bonchev–Trinajstić information content (AvgIpc) is 2.70. The van der Waals surface area contributed by atoms with Crippen molar-refractivity contribution >= 4 is 12.0 Å². The Bertz CT molecular complexity index is 289. The number of rotatable bonds is 5. The molecule has 0 radical (unpaired) electrons. The number of ether oxygens (including phenoxy) is 1. The molecule has 3 N–H and O–H groups in total. The van der Waals surface area contributed by atoms with E-state index >= 15 is 0 Å². The summed E-state index contributed by atoms with van der Waals surface area (Å²) < 4.78 is 5.12. The molecule has 0 spiro atoms. The van der Waals surface area contributed by atoms with Crippen molar-refractivity contribution in [2.24, 2.45) is 0 Å². The smallest absolute Gasteiger partial charge is 0.329 e. The SMILES string of the molecule is CCCC(C)(NC(=O)NC1CCOC1)C(=O)O. The lowest BCUT2D eigenvalue weighted by atomic mass is 9.96. The summed E-state index contributed by atoms with van der Waals surface area (Å²) in [5, 5.41) is 14.3. The Hall–Kier alpha value is -1.30. The quantitative estimate of drug-likeness (QED) is 0.665. The van der Waals surface area contributed by atoms with Gasteiger partial charge < -0.3 is 20.5 Å². The van der Waals surface area contributed by atoms with E-state index in [0.29, 0.717) is 26.1 Å². The molecule has 1 aliphatic heterocycles. The molecule has 1 saturated heterocycles. The molecule has 1 fully saturated rings. The Morgan fingerprint density at radius 2 is 2.24 bits per heavy atom. The minimum absolute atomic E-state index is 0.0188. The van der Waals surface area contributed by atoms with Crippen molar-refractivity contribution < 1.29 is 19.4 Å². The molecule has 1 rings (SSSR count). The van der Waals surface area contributed by atoms with E-state index < -0.39 is 17.5 Å². The van der Waals surface area contributed by atoms with E-state index in [9.17, 15) is 9.59 Å². The zero-order valence-electron chi connectivity index (χ0n) is 10.3.